The van der Waals surface area contributed by atoms with E-state index < -0.39 is 0 Å². The largest absolute Gasteiger partial charge is 0.477 e. The summed E-state index contributed by atoms with van der Waals surface area (Å²) in [4.78, 5) is 19.7. The van der Waals surface area contributed by atoms with E-state index in [2.05, 4.69) is 27.4 Å². The third kappa shape index (κ3) is 4.88. The molecule has 1 saturated carbocycles. The molecule has 27 heavy (non-hydrogen) atoms. The third-order valence-electron chi connectivity index (χ3n) is 4.98. The number of para-hydroxylation sites is 1. The molecule has 1 aliphatic rings. The quantitative estimate of drug-likeness (QED) is 0.604. The molecule has 1 fully saturated rings. The Hall–Kier alpha value is -2.82. The molecular weight excluding hydrogens is 338 g/mol. The minimum atomic E-state index is 0.0731. The van der Waals surface area contributed by atoms with Gasteiger partial charge in [0, 0.05) is 42.3 Å². The standard InChI is InChI=1S/C22H25N3O2/c26-21(7-3-4-18-14-23-20-6-2-1-5-19(18)20)24-12-17-10-11-22(25-13-17)27-15-16-8-9-16/h1-2,5-6,10-11,13-14,16,23H,3-4,7-9,12,15H2,(H,24,26). The lowest BCUT2D eigenvalue weighted by atomic mass is 10.1. The molecule has 1 amide bonds. The Morgan fingerprint density at radius 1 is 1.22 bits per heavy atom. The van der Waals surface area contributed by atoms with Crippen LogP contribution in [0.4, 0.5) is 0 Å². The lowest BCUT2D eigenvalue weighted by molar-refractivity contribution is -0.121. The zero-order valence-corrected chi connectivity index (χ0v) is 15.4. The van der Waals surface area contributed by atoms with Crippen LogP contribution in [0.5, 0.6) is 5.88 Å². The highest BCUT2D eigenvalue weighted by Gasteiger charge is 2.22. The molecule has 0 radical (unpaired) electrons. The van der Waals surface area contributed by atoms with Crippen LogP contribution in [-0.4, -0.2) is 22.5 Å². The number of benzene rings is 1. The molecule has 1 aromatic carbocycles. The summed E-state index contributed by atoms with van der Waals surface area (Å²) in [5, 5.41) is 4.21. The fraction of sp³-hybridized carbons (Fsp3) is 0.364. The molecule has 1 aliphatic carbocycles. The molecule has 0 spiro atoms. The summed E-state index contributed by atoms with van der Waals surface area (Å²) in [5.41, 5.74) is 3.40. The van der Waals surface area contributed by atoms with Gasteiger partial charge in [0.05, 0.1) is 6.61 Å². The van der Waals surface area contributed by atoms with E-state index in [0.717, 1.165) is 36.4 Å². The smallest absolute Gasteiger partial charge is 0.220 e. The lowest BCUT2D eigenvalue weighted by Gasteiger charge is -2.07. The molecule has 0 saturated heterocycles. The molecule has 0 unspecified atom stereocenters. The zero-order chi connectivity index (χ0) is 18.5. The van der Waals surface area contributed by atoms with Crippen LogP contribution in [0.25, 0.3) is 10.9 Å². The van der Waals surface area contributed by atoms with Crippen LogP contribution in [0.2, 0.25) is 0 Å². The van der Waals surface area contributed by atoms with E-state index in [-0.39, 0.29) is 5.91 Å². The summed E-state index contributed by atoms with van der Waals surface area (Å²) in [7, 11) is 0. The van der Waals surface area contributed by atoms with Gasteiger partial charge in [0.15, 0.2) is 0 Å². The van der Waals surface area contributed by atoms with Crippen LogP contribution in [0, 0.1) is 5.92 Å². The van der Waals surface area contributed by atoms with Gasteiger partial charge in [-0.3, -0.25) is 4.79 Å². The molecule has 5 nitrogen and oxygen atoms in total. The average molecular weight is 363 g/mol. The number of nitrogens with one attached hydrogen (secondary N) is 2. The molecule has 2 heterocycles. The molecule has 3 aromatic rings. The molecule has 4 rings (SSSR count). The number of ether oxygens (including phenoxy) is 1. The second-order valence-electron chi connectivity index (χ2n) is 7.25. The first-order valence-electron chi connectivity index (χ1n) is 9.67. The van der Waals surface area contributed by atoms with Crippen molar-refractivity contribution < 1.29 is 9.53 Å². The van der Waals surface area contributed by atoms with Crippen LogP contribution in [0.1, 0.15) is 36.8 Å². The maximum absolute atomic E-state index is 12.1. The van der Waals surface area contributed by atoms with Gasteiger partial charge < -0.3 is 15.0 Å². The van der Waals surface area contributed by atoms with Crippen molar-refractivity contribution in [3.8, 4) is 5.88 Å². The van der Waals surface area contributed by atoms with E-state index >= 15 is 0 Å². The van der Waals surface area contributed by atoms with E-state index in [1.807, 2.05) is 30.5 Å². The second-order valence-corrected chi connectivity index (χ2v) is 7.25. The topological polar surface area (TPSA) is 67.0 Å². The Labute approximate surface area is 159 Å². The van der Waals surface area contributed by atoms with Crippen molar-refractivity contribution in [1.82, 2.24) is 15.3 Å². The zero-order valence-electron chi connectivity index (χ0n) is 15.4. The summed E-state index contributed by atoms with van der Waals surface area (Å²) in [6.45, 7) is 1.27. The van der Waals surface area contributed by atoms with Gasteiger partial charge >= 0.3 is 0 Å². The Kier molecular flexibility index (Phi) is 5.37. The first-order valence-corrected chi connectivity index (χ1v) is 9.67. The van der Waals surface area contributed by atoms with Gasteiger partial charge in [-0.25, -0.2) is 4.98 Å². The van der Waals surface area contributed by atoms with E-state index in [1.54, 1.807) is 6.20 Å². The van der Waals surface area contributed by atoms with Crippen LogP contribution in [-0.2, 0) is 17.8 Å². The summed E-state index contributed by atoms with van der Waals surface area (Å²) in [6, 6.07) is 12.1. The Bertz CT molecular complexity index is 897. The number of amides is 1. The van der Waals surface area contributed by atoms with Gasteiger partial charge in [0.25, 0.3) is 0 Å². The number of hydrogen-bond acceptors (Lipinski definition) is 3. The number of aryl methyl sites for hydroxylation is 1. The van der Waals surface area contributed by atoms with Gasteiger partial charge in [-0.1, -0.05) is 24.3 Å². The first-order chi connectivity index (χ1) is 13.3. The molecule has 0 atom stereocenters. The van der Waals surface area contributed by atoms with Crippen molar-refractivity contribution in [3.05, 3.63) is 59.9 Å². The van der Waals surface area contributed by atoms with Gasteiger partial charge in [0.2, 0.25) is 11.8 Å². The second kappa shape index (κ2) is 8.25. The Morgan fingerprint density at radius 3 is 2.93 bits per heavy atom. The fourth-order valence-corrected chi connectivity index (χ4v) is 3.16. The predicted octanol–water partition coefficient (Wildman–Crippen LogP) is 3.99. The van der Waals surface area contributed by atoms with E-state index in [0.29, 0.717) is 18.8 Å². The number of aromatic nitrogens is 2. The molecule has 5 heteroatoms. The Balaban J connectivity index is 1.18. The van der Waals surface area contributed by atoms with Gasteiger partial charge in [-0.05, 0) is 48.8 Å². The molecule has 140 valence electrons. The van der Waals surface area contributed by atoms with Gasteiger partial charge in [-0.2, -0.15) is 0 Å². The number of H-pyrrole nitrogens is 1. The van der Waals surface area contributed by atoms with Crippen molar-refractivity contribution in [3.63, 3.8) is 0 Å². The fourth-order valence-electron chi connectivity index (χ4n) is 3.16. The van der Waals surface area contributed by atoms with Crippen LogP contribution in [0.15, 0.2) is 48.8 Å². The first kappa shape index (κ1) is 17.6. The average Bonchev–Trinajstić information content (AvgIpc) is 3.45. The predicted molar refractivity (Wildman–Crippen MR) is 106 cm³/mol. The molecule has 0 aliphatic heterocycles. The lowest BCUT2D eigenvalue weighted by Crippen LogP contribution is -2.22. The maximum atomic E-state index is 12.1. The van der Waals surface area contributed by atoms with Crippen molar-refractivity contribution in [1.29, 1.82) is 0 Å². The van der Waals surface area contributed by atoms with Crippen LogP contribution < -0.4 is 10.1 Å². The minimum Gasteiger partial charge on any atom is -0.477 e. The summed E-state index contributed by atoms with van der Waals surface area (Å²) >= 11 is 0. The third-order valence-corrected chi connectivity index (χ3v) is 4.98. The van der Waals surface area contributed by atoms with E-state index in [1.165, 1.54) is 23.8 Å². The summed E-state index contributed by atoms with van der Waals surface area (Å²) in [5.74, 6) is 1.45. The highest BCUT2D eigenvalue weighted by molar-refractivity contribution is 5.83. The highest BCUT2D eigenvalue weighted by Crippen LogP contribution is 2.29. The normalized spacial score (nSPS) is 13.6. The maximum Gasteiger partial charge on any atom is 0.220 e. The summed E-state index contributed by atoms with van der Waals surface area (Å²) < 4.78 is 5.63. The van der Waals surface area contributed by atoms with Crippen molar-refractivity contribution >= 4 is 16.8 Å². The van der Waals surface area contributed by atoms with Gasteiger partial charge in [0.1, 0.15) is 0 Å². The van der Waals surface area contributed by atoms with E-state index in [4.69, 9.17) is 4.74 Å². The molecule has 2 N–H and O–H groups in total. The minimum absolute atomic E-state index is 0.0731. The number of nitrogens with zero attached hydrogens (tertiary/aromatic N) is 1. The molecule has 2 aromatic heterocycles. The number of aromatic amines is 1. The number of rotatable bonds is 9. The van der Waals surface area contributed by atoms with Crippen molar-refractivity contribution in [2.24, 2.45) is 5.92 Å². The van der Waals surface area contributed by atoms with E-state index in [9.17, 15) is 4.79 Å². The number of pyridine rings is 1. The van der Waals surface area contributed by atoms with Crippen molar-refractivity contribution in [2.45, 2.75) is 38.6 Å². The van der Waals surface area contributed by atoms with Gasteiger partial charge in [-0.15, -0.1) is 0 Å². The Morgan fingerprint density at radius 2 is 2.11 bits per heavy atom. The highest BCUT2D eigenvalue weighted by atomic mass is 16.5. The molecule has 0 bridgehead atoms. The monoisotopic (exact) mass is 363 g/mol. The number of carbonyl (C=O) groups excluding carboxylic acids is 1. The number of fused-ring (bicyclic) bond motifs is 1. The van der Waals surface area contributed by atoms with Crippen molar-refractivity contribution in [2.75, 3.05) is 6.61 Å². The number of hydrogen-bond donors (Lipinski definition) is 2. The SMILES string of the molecule is O=C(CCCc1c[nH]c2ccccc12)NCc1ccc(OCC2CC2)nc1. The molecular formula is C22H25N3O2. The number of carbonyl (C=O) groups is 1. The van der Waals surface area contributed by atoms with Crippen LogP contribution >= 0.6 is 0 Å². The van der Waals surface area contributed by atoms with Crippen LogP contribution in [0.3, 0.4) is 0 Å². The summed E-state index contributed by atoms with van der Waals surface area (Å²) in [6.07, 6.45) is 8.60.